The largest absolute Gasteiger partial charge is 0.303 e. The van der Waals surface area contributed by atoms with Crippen LogP contribution in [0.4, 0.5) is 0 Å². The predicted molar refractivity (Wildman–Crippen MR) is 91.8 cm³/mol. The normalized spacial score (nSPS) is 11.2. The van der Waals surface area contributed by atoms with E-state index in [4.69, 9.17) is 0 Å². The molecule has 1 aromatic carbocycles. The van der Waals surface area contributed by atoms with Crippen molar-refractivity contribution in [3.05, 3.63) is 29.8 Å². The van der Waals surface area contributed by atoms with E-state index >= 15 is 0 Å². The van der Waals surface area contributed by atoms with Crippen molar-refractivity contribution in [2.45, 2.75) is 70.8 Å². The summed E-state index contributed by atoms with van der Waals surface area (Å²) >= 11 is 0. The van der Waals surface area contributed by atoms with Gasteiger partial charge in [-0.05, 0) is 13.3 Å². The van der Waals surface area contributed by atoms with Gasteiger partial charge in [-0.15, -0.1) is 0 Å². The number of aryl methyl sites for hydroxylation is 1. The zero-order valence-corrected chi connectivity index (χ0v) is 14.5. The van der Waals surface area contributed by atoms with Gasteiger partial charge in [0, 0.05) is 6.42 Å². The molecule has 112 valence electrons. The van der Waals surface area contributed by atoms with Gasteiger partial charge in [0.25, 0.3) is 0 Å². The molecule has 0 atom stereocenters. The Morgan fingerprint density at radius 2 is 1.40 bits per heavy atom. The van der Waals surface area contributed by atoms with Crippen molar-refractivity contribution in [1.82, 2.24) is 0 Å². The van der Waals surface area contributed by atoms with E-state index in [1.165, 1.54) is 56.6 Å². The van der Waals surface area contributed by atoms with Gasteiger partial charge in [-0.1, -0.05) is 86.0 Å². The molecule has 2 heteroatoms. The van der Waals surface area contributed by atoms with Gasteiger partial charge in [0.1, 0.15) is 6.29 Å². The van der Waals surface area contributed by atoms with Crippen LogP contribution in [0.5, 0.6) is 0 Å². The van der Waals surface area contributed by atoms with Crippen molar-refractivity contribution in [1.29, 1.82) is 0 Å². The van der Waals surface area contributed by atoms with Crippen molar-refractivity contribution in [3.63, 3.8) is 0 Å². The van der Waals surface area contributed by atoms with Crippen molar-refractivity contribution in [3.8, 4) is 0 Å². The lowest BCUT2D eigenvalue weighted by molar-refractivity contribution is -0.107. The second-order valence-electron chi connectivity index (χ2n) is 5.87. The molecular formula is C18H30OSi. The van der Waals surface area contributed by atoms with Crippen LogP contribution in [0.3, 0.4) is 0 Å². The van der Waals surface area contributed by atoms with Crippen LogP contribution in [0.15, 0.2) is 24.3 Å². The van der Waals surface area contributed by atoms with Gasteiger partial charge in [0.05, 0.1) is 9.52 Å². The maximum Gasteiger partial charge on any atom is 0.119 e. The molecule has 0 aliphatic carbocycles. The van der Waals surface area contributed by atoms with E-state index in [2.05, 4.69) is 31.2 Å². The Morgan fingerprint density at radius 1 is 0.850 bits per heavy atom. The summed E-state index contributed by atoms with van der Waals surface area (Å²) in [5.74, 6) is 0. The molecule has 0 aliphatic rings. The minimum Gasteiger partial charge on any atom is -0.303 e. The lowest BCUT2D eigenvalue weighted by Gasteiger charge is -2.03. The number of hydrogen-bond donors (Lipinski definition) is 0. The van der Waals surface area contributed by atoms with Crippen LogP contribution < -0.4 is 5.19 Å². The van der Waals surface area contributed by atoms with Gasteiger partial charge in [-0.2, -0.15) is 0 Å². The summed E-state index contributed by atoms with van der Waals surface area (Å²) in [7, 11) is -0.0140. The second-order valence-corrected chi connectivity index (χ2v) is 7.90. The molecule has 0 bridgehead atoms. The van der Waals surface area contributed by atoms with Gasteiger partial charge < -0.3 is 4.79 Å². The number of carbonyl (C=O) groups is 1. The third kappa shape index (κ3) is 9.08. The summed E-state index contributed by atoms with van der Waals surface area (Å²) < 4.78 is 0. The lowest BCUT2D eigenvalue weighted by atomic mass is 10.1. The molecular weight excluding hydrogens is 260 g/mol. The van der Waals surface area contributed by atoms with Crippen molar-refractivity contribution in [2.24, 2.45) is 0 Å². The smallest absolute Gasteiger partial charge is 0.119 e. The van der Waals surface area contributed by atoms with Crippen LogP contribution in [0.25, 0.3) is 0 Å². The first-order valence-corrected chi connectivity index (χ1v) is 10.0. The van der Waals surface area contributed by atoms with Crippen LogP contribution >= 0.6 is 0 Å². The fraction of sp³-hybridized carbons (Fsp3) is 0.611. The molecule has 20 heavy (non-hydrogen) atoms. The Bertz CT molecular complexity index is 345. The molecule has 0 heterocycles. The SMILES string of the molecule is Cc1ccc([SiH2]CCCCCCCCCCC=O)cc1. The molecule has 1 nitrogen and oxygen atoms in total. The molecule has 0 aromatic heterocycles. The summed E-state index contributed by atoms with van der Waals surface area (Å²) in [4.78, 5) is 10.2. The first kappa shape index (κ1) is 17.2. The first-order chi connectivity index (χ1) is 9.83. The Kier molecular flexibility index (Phi) is 10.2. The highest BCUT2D eigenvalue weighted by atomic mass is 28.2. The van der Waals surface area contributed by atoms with E-state index in [1.807, 2.05) is 0 Å². The first-order valence-electron chi connectivity index (χ1n) is 8.32. The highest BCUT2D eigenvalue weighted by Gasteiger charge is 1.95. The van der Waals surface area contributed by atoms with E-state index in [-0.39, 0.29) is 9.52 Å². The zero-order valence-electron chi connectivity index (χ0n) is 13.1. The van der Waals surface area contributed by atoms with Gasteiger partial charge in [-0.3, -0.25) is 0 Å². The minimum atomic E-state index is -0.0140. The summed E-state index contributed by atoms with van der Waals surface area (Å²) in [5, 5.41) is 1.62. The van der Waals surface area contributed by atoms with Crippen LogP contribution in [0, 0.1) is 6.92 Å². The lowest BCUT2D eigenvalue weighted by Crippen LogP contribution is -2.12. The van der Waals surface area contributed by atoms with Gasteiger partial charge in [-0.25, -0.2) is 0 Å². The molecule has 1 rings (SSSR count). The quantitative estimate of drug-likeness (QED) is 0.324. The third-order valence-electron chi connectivity index (χ3n) is 3.91. The fourth-order valence-electron chi connectivity index (χ4n) is 2.55. The Morgan fingerprint density at radius 3 is 2.00 bits per heavy atom. The van der Waals surface area contributed by atoms with Crippen LogP contribution in [0.2, 0.25) is 6.04 Å². The van der Waals surface area contributed by atoms with E-state index in [0.717, 1.165) is 19.1 Å². The van der Waals surface area contributed by atoms with Gasteiger partial charge in [0.2, 0.25) is 0 Å². The van der Waals surface area contributed by atoms with Crippen molar-refractivity contribution in [2.75, 3.05) is 0 Å². The Labute approximate surface area is 127 Å². The van der Waals surface area contributed by atoms with Crippen molar-refractivity contribution < 1.29 is 4.79 Å². The van der Waals surface area contributed by atoms with Gasteiger partial charge >= 0.3 is 0 Å². The summed E-state index contributed by atoms with van der Waals surface area (Å²) in [6, 6.07) is 10.6. The summed E-state index contributed by atoms with van der Waals surface area (Å²) in [6.07, 6.45) is 12.4. The summed E-state index contributed by atoms with van der Waals surface area (Å²) in [6.45, 7) is 2.16. The third-order valence-corrected chi connectivity index (χ3v) is 5.81. The maximum atomic E-state index is 10.2. The Balaban J connectivity index is 1.85. The average molecular weight is 291 g/mol. The molecule has 1 aromatic rings. The standard InChI is InChI=1S/C18H30OSi/c1-17-11-13-18(14-12-17)20-16-10-8-6-4-2-3-5-7-9-15-19/h11-15H,2-10,16,20H2,1H3. The molecule has 0 fully saturated rings. The molecule has 0 saturated heterocycles. The van der Waals surface area contributed by atoms with Gasteiger partial charge in [0.15, 0.2) is 0 Å². The molecule has 0 radical (unpaired) electrons. The summed E-state index contributed by atoms with van der Waals surface area (Å²) in [5.41, 5.74) is 1.37. The molecule has 0 saturated carbocycles. The zero-order chi connectivity index (χ0) is 14.5. The van der Waals surface area contributed by atoms with E-state index in [1.54, 1.807) is 5.19 Å². The number of aldehydes is 1. The monoisotopic (exact) mass is 290 g/mol. The number of carbonyl (C=O) groups excluding carboxylic acids is 1. The van der Waals surface area contributed by atoms with Crippen LogP contribution in [-0.4, -0.2) is 15.8 Å². The van der Waals surface area contributed by atoms with E-state index in [0.29, 0.717) is 0 Å². The van der Waals surface area contributed by atoms with E-state index in [9.17, 15) is 4.79 Å². The maximum absolute atomic E-state index is 10.2. The highest BCUT2D eigenvalue weighted by molar-refractivity contribution is 6.53. The van der Waals surface area contributed by atoms with Crippen LogP contribution in [-0.2, 0) is 4.79 Å². The molecule has 0 spiro atoms. The average Bonchev–Trinajstić information content (AvgIpc) is 2.47. The number of rotatable bonds is 12. The van der Waals surface area contributed by atoms with Crippen LogP contribution in [0.1, 0.15) is 63.4 Å². The molecule has 0 amide bonds. The minimum absolute atomic E-state index is 0.0140. The number of unbranched alkanes of at least 4 members (excludes halogenated alkanes) is 8. The second kappa shape index (κ2) is 11.9. The molecule has 0 N–H and O–H groups in total. The highest BCUT2D eigenvalue weighted by Crippen LogP contribution is 2.10. The molecule has 0 aliphatic heterocycles. The number of benzene rings is 1. The van der Waals surface area contributed by atoms with E-state index < -0.39 is 0 Å². The fourth-order valence-corrected chi connectivity index (χ4v) is 4.13. The predicted octanol–water partition coefficient (Wildman–Crippen LogP) is 3.92. The topological polar surface area (TPSA) is 17.1 Å². The number of hydrogen-bond acceptors (Lipinski definition) is 1. The Hall–Kier alpha value is -0.893. The van der Waals surface area contributed by atoms with Crippen molar-refractivity contribution >= 4 is 21.0 Å². The molecule has 0 unspecified atom stereocenters.